The highest BCUT2D eigenvalue weighted by atomic mass is 32.1. The molecule has 35 heavy (non-hydrogen) atoms. The van der Waals surface area contributed by atoms with Crippen LogP contribution in [0.2, 0.25) is 0 Å². The zero-order valence-electron chi connectivity index (χ0n) is 19.2. The van der Waals surface area contributed by atoms with Crippen molar-refractivity contribution in [2.45, 2.75) is 19.9 Å². The molecule has 4 aromatic rings. The first kappa shape index (κ1) is 24.0. The summed E-state index contributed by atoms with van der Waals surface area (Å²) in [5.74, 6) is -1.90. The highest BCUT2D eigenvalue weighted by Gasteiger charge is 2.21. The van der Waals surface area contributed by atoms with Crippen LogP contribution >= 0.6 is 11.3 Å². The maximum atomic E-state index is 13.3. The van der Waals surface area contributed by atoms with E-state index in [0.717, 1.165) is 32.6 Å². The number of hydrogen-bond acceptors (Lipinski definition) is 5. The Hall–Kier alpha value is -4.17. The molecule has 1 amide bonds. The second kappa shape index (κ2) is 10.4. The van der Waals surface area contributed by atoms with Crippen LogP contribution in [0.15, 0.2) is 78.2 Å². The van der Waals surface area contributed by atoms with E-state index < -0.39 is 11.9 Å². The number of nitrogens with one attached hydrogen (secondary N) is 2. The third kappa shape index (κ3) is 5.67. The number of carbonyl (C=O) groups is 2. The Morgan fingerprint density at radius 2 is 1.83 bits per heavy atom. The second-order valence-electron chi connectivity index (χ2n) is 8.37. The minimum absolute atomic E-state index is 0.249. The summed E-state index contributed by atoms with van der Waals surface area (Å²) in [5.41, 5.74) is 8.86. The van der Waals surface area contributed by atoms with Gasteiger partial charge in [-0.2, -0.15) is 0 Å². The van der Waals surface area contributed by atoms with E-state index in [9.17, 15) is 14.7 Å². The molecule has 3 aromatic carbocycles. The number of aliphatic carboxylic acids is 1. The van der Waals surface area contributed by atoms with Gasteiger partial charge in [-0.1, -0.05) is 43.3 Å². The van der Waals surface area contributed by atoms with Crippen molar-refractivity contribution >= 4 is 51.3 Å². The van der Waals surface area contributed by atoms with Crippen LogP contribution in [0, 0.1) is 11.3 Å². The zero-order valence-corrected chi connectivity index (χ0v) is 20.0. The summed E-state index contributed by atoms with van der Waals surface area (Å²) in [4.78, 5) is 26.7. The minimum atomic E-state index is -0.818. The Bertz CT molecular complexity index is 1380. The fraction of sp³-hybridized carbons (Fsp3) is 0.148. The molecule has 0 saturated carbocycles. The second-order valence-corrected chi connectivity index (χ2v) is 9.40. The summed E-state index contributed by atoms with van der Waals surface area (Å²) >= 11 is 1.51. The number of carbonyl (C=O) groups excluding carboxylic acids is 1. The first-order valence-electron chi connectivity index (χ1n) is 11.1. The summed E-state index contributed by atoms with van der Waals surface area (Å²) in [6, 6.07) is 22.7. The van der Waals surface area contributed by atoms with Crippen LogP contribution < -0.4 is 11.1 Å². The molecule has 0 radical (unpaired) electrons. The van der Waals surface area contributed by atoms with Gasteiger partial charge in [-0.15, -0.1) is 11.3 Å². The number of carboxylic acids is 1. The smallest absolute Gasteiger partial charge is 0.306 e. The number of thiophene rings is 1. The Kier molecular flexibility index (Phi) is 7.12. The SMILES string of the molecule is CC(Cc1cccc(Nc2ccc3c(C(=O)N(Cc4cccs4)C(=N)N)cccc3c2)c1)C(=O)O. The molecular formula is C27H26N4O3S. The van der Waals surface area contributed by atoms with Crippen molar-refractivity contribution in [3.63, 3.8) is 0 Å². The van der Waals surface area contributed by atoms with Crippen LogP contribution in [-0.2, 0) is 17.8 Å². The van der Waals surface area contributed by atoms with Crippen molar-refractivity contribution in [2.75, 3.05) is 5.32 Å². The van der Waals surface area contributed by atoms with E-state index >= 15 is 0 Å². The fourth-order valence-electron chi connectivity index (χ4n) is 3.90. The van der Waals surface area contributed by atoms with Crippen LogP contribution in [-0.4, -0.2) is 27.8 Å². The van der Waals surface area contributed by atoms with Crippen molar-refractivity contribution in [2.24, 2.45) is 11.7 Å². The Labute approximate surface area is 207 Å². The van der Waals surface area contributed by atoms with Crippen LogP contribution in [0.4, 0.5) is 11.4 Å². The molecule has 1 unspecified atom stereocenters. The molecule has 1 aromatic heterocycles. The molecule has 0 bridgehead atoms. The molecule has 5 N–H and O–H groups in total. The highest BCUT2D eigenvalue weighted by molar-refractivity contribution is 7.09. The lowest BCUT2D eigenvalue weighted by atomic mass is 10.0. The maximum absolute atomic E-state index is 13.3. The van der Waals surface area contributed by atoms with Gasteiger partial charge in [0.25, 0.3) is 5.91 Å². The number of benzene rings is 3. The predicted octanol–water partition coefficient (Wildman–Crippen LogP) is 5.44. The van der Waals surface area contributed by atoms with Gasteiger partial charge < -0.3 is 16.2 Å². The van der Waals surface area contributed by atoms with Crippen molar-refractivity contribution in [3.8, 4) is 0 Å². The number of hydrogen-bond donors (Lipinski definition) is 4. The van der Waals surface area contributed by atoms with E-state index in [4.69, 9.17) is 11.1 Å². The Morgan fingerprint density at radius 3 is 2.54 bits per heavy atom. The summed E-state index contributed by atoms with van der Waals surface area (Å²) in [7, 11) is 0. The molecule has 0 spiro atoms. The number of rotatable bonds is 8. The van der Waals surface area contributed by atoms with Crippen LogP contribution in [0.25, 0.3) is 10.8 Å². The van der Waals surface area contributed by atoms with Gasteiger partial charge in [0.15, 0.2) is 5.96 Å². The maximum Gasteiger partial charge on any atom is 0.306 e. The molecule has 0 aliphatic heterocycles. The molecule has 0 aliphatic carbocycles. The van der Waals surface area contributed by atoms with Gasteiger partial charge in [0, 0.05) is 21.8 Å². The van der Waals surface area contributed by atoms with Crippen molar-refractivity contribution in [1.82, 2.24) is 4.90 Å². The molecular weight excluding hydrogens is 460 g/mol. The summed E-state index contributed by atoms with van der Waals surface area (Å²) in [5, 5.41) is 24.0. The third-order valence-corrected chi connectivity index (χ3v) is 6.58. The summed E-state index contributed by atoms with van der Waals surface area (Å²) < 4.78 is 0. The average Bonchev–Trinajstić information content (AvgIpc) is 3.35. The number of nitrogens with two attached hydrogens (primary N) is 1. The normalized spacial score (nSPS) is 11.7. The quantitative estimate of drug-likeness (QED) is 0.195. The molecule has 0 aliphatic rings. The van der Waals surface area contributed by atoms with E-state index in [0.29, 0.717) is 12.0 Å². The topological polar surface area (TPSA) is 120 Å². The molecule has 8 heteroatoms. The summed E-state index contributed by atoms with van der Waals surface area (Å²) in [6.07, 6.45) is 0.451. The number of carboxylic acid groups (broad SMARTS) is 1. The minimum Gasteiger partial charge on any atom is -0.481 e. The van der Waals surface area contributed by atoms with Crippen molar-refractivity contribution < 1.29 is 14.7 Å². The number of amides is 1. The highest BCUT2D eigenvalue weighted by Crippen LogP contribution is 2.27. The van der Waals surface area contributed by atoms with Gasteiger partial charge in [0.1, 0.15) is 0 Å². The lowest BCUT2D eigenvalue weighted by Gasteiger charge is -2.21. The van der Waals surface area contributed by atoms with Crippen LogP contribution in [0.5, 0.6) is 0 Å². The van der Waals surface area contributed by atoms with Gasteiger partial charge in [-0.05, 0) is 64.5 Å². The van der Waals surface area contributed by atoms with E-state index in [1.165, 1.54) is 16.2 Å². The zero-order chi connectivity index (χ0) is 24.9. The van der Waals surface area contributed by atoms with E-state index in [2.05, 4.69) is 5.32 Å². The number of guanidine groups is 1. The Balaban J connectivity index is 1.58. The third-order valence-electron chi connectivity index (χ3n) is 5.72. The summed E-state index contributed by atoms with van der Waals surface area (Å²) in [6.45, 7) is 1.94. The van der Waals surface area contributed by atoms with Crippen molar-refractivity contribution in [3.05, 3.63) is 94.2 Å². The first-order chi connectivity index (χ1) is 16.8. The molecule has 0 fully saturated rings. The Morgan fingerprint density at radius 1 is 1.06 bits per heavy atom. The van der Waals surface area contributed by atoms with E-state index in [1.54, 1.807) is 13.0 Å². The number of anilines is 2. The largest absolute Gasteiger partial charge is 0.481 e. The lowest BCUT2D eigenvalue weighted by Crippen LogP contribution is -2.40. The van der Waals surface area contributed by atoms with Crippen LogP contribution in [0.1, 0.15) is 27.7 Å². The predicted molar refractivity (Wildman–Crippen MR) is 140 cm³/mol. The van der Waals surface area contributed by atoms with Crippen molar-refractivity contribution in [1.29, 1.82) is 5.41 Å². The molecule has 7 nitrogen and oxygen atoms in total. The monoisotopic (exact) mass is 486 g/mol. The molecule has 1 heterocycles. The lowest BCUT2D eigenvalue weighted by molar-refractivity contribution is -0.141. The standard InChI is InChI=1S/C27H26N4O3S/c1-17(26(33)34)13-18-5-2-7-20(14-18)30-21-10-11-23-19(15-21)6-3-9-24(23)25(32)31(27(28)29)16-22-8-4-12-35-22/h2-12,14-15,17,30H,13,16H2,1H3,(H3,28,29)(H,33,34). The number of fused-ring (bicyclic) bond motifs is 1. The van der Waals surface area contributed by atoms with Crippen LogP contribution in [0.3, 0.4) is 0 Å². The molecule has 4 rings (SSSR count). The van der Waals surface area contributed by atoms with E-state index in [-0.39, 0.29) is 18.4 Å². The van der Waals surface area contributed by atoms with Gasteiger partial charge in [0.2, 0.25) is 0 Å². The molecule has 0 saturated heterocycles. The first-order valence-corrected chi connectivity index (χ1v) is 12.0. The van der Waals surface area contributed by atoms with Gasteiger partial charge in [-0.25, -0.2) is 0 Å². The fourth-order valence-corrected chi connectivity index (χ4v) is 4.59. The molecule has 178 valence electrons. The number of nitrogens with zero attached hydrogens (tertiary/aromatic N) is 1. The van der Waals surface area contributed by atoms with Gasteiger partial charge in [0.05, 0.1) is 12.5 Å². The van der Waals surface area contributed by atoms with E-state index in [1.807, 2.05) is 72.1 Å². The average molecular weight is 487 g/mol. The van der Waals surface area contributed by atoms with Gasteiger partial charge in [-0.3, -0.25) is 19.9 Å². The molecule has 1 atom stereocenters. The van der Waals surface area contributed by atoms with Gasteiger partial charge >= 0.3 is 5.97 Å².